The Bertz CT molecular complexity index is 600. The van der Waals surface area contributed by atoms with E-state index in [0.29, 0.717) is 6.61 Å². The molecule has 0 unspecified atom stereocenters. The minimum absolute atomic E-state index is 0.163. The Morgan fingerprint density at radius 2 is 1.83 bits per heavy atom. The van der Waals surface area contributed by atoms with Gasteiger partial charge in [0.25, 0.3) is 0 Å². The molecule has 2 aromatic rings. The van der Waals surface area contributed by atoms with Crippen LogP contribution in [0.5, 0.6) is 5.75 Å². The molecule has 2 aromatic carbocycles. The van der Waals surface area contributed by atoms with Crippen LogP contribution in [0.1, 0.15) is 11.1 Å². The van der Waals surface area contributed by atoms with Crippen molar-refractivity contribution in [2.75, 3.05) is 33.4 Å². The van der Waals surface area contributed by atoms with Gasteiger partial charge < -0.3 is 14.4 Å². The third-order valence-corrected chi connectivity index (χ3v) is 4.27. The second kappa shape index (κ2) is 8.14. The number of nitrogens with zero attached hydrogens (tertiary/aromatic N) is 1. The van der Waals surface area contributed by atoms with Crippen LogP contribution in [0.4, 0.5) is 0 Å². The van der Waals surface area contributed by atoms with Crippen LogP contribution < -0.4 is 4.74 Å². The van der Waals surface area contributed by atoms with Gasteiger partial charge in [0.2, 0.25) is 0 Å². The molecular weight excluding hydrogens is 286 g/mol. The Balaban J connectivity index is 1.57. The third-order valence-electron chi connectivity index (χ3n) is 4.27. The number of hydrogen-bond donors (Lipinski definition) is 0. The van der Waals surface area contributed by atoms with Crippen molar-refractivity contribution in [3.63, 3.8) is 0 Å². The molecule has 0 amide bonds. The summed E-state index contributed by atoms with van der Waals surface area (Å²) in [6.45, 7) is 3.35. The Hall–Kier alpha value is -1.84. The maximum atomic E-state index is 6.06. The van der Waals surface area contributed by atoms with Gasteiger partial charge in [-0.3, -0.25) is 0 Å². The van der Waals surface area contributed by atoms with Crippen LogP contribution in [0.25, 0.3) is 0 Å². The van der Waals surface area contributed by atoms with E-state index in [0.717, 1.165) is 38.3 Å². The molecular formula is C20H25NO2. The summed E-state index contributed by atoms with van der Waals surface area (Å²) in [5.74, 6) is 0.986. The zero-order valence-electron chi connectivity index (χ0n) is 13.8. The van der Waals surface area contributed by atoms with E-state index in [2.05, 4.69) is 60.5 Å². The lowest BCUT2D eigenvalue weighted by Gasteiger charge is -2.30. The van der Waals surface area contributed by atoms with E-state index in [4.69, 9.17) is 9.47 Å². The number of para-hydroxylation sites is 1. The number of rotatable bonds is 6. The summed E-state index contributed by atoms with van der Waals surface area (Å²) in [5.41, 5.74) is 2.63. The molecule has 0 aromatic heterocycles. The van der Waals surface area contributed by atoms with Crippen LogP contribution in [-0.4, -0.2) is 44.4 Å². The predicted molar refractivity (Wildman–Crippen MR) is 93.0 cm³/mol. The summed E-state index contributed by atoms with van der Waals surface area (Å²) < 4.78 is 11.8. The van der Waals surface area contributed by atoms with Gasteiger partial charge in [0.1, 0.15) is 18.5 Å². The van der Waals surface area contributed by atoms with Crippen molar-refractivity contribution in [3.8, 4) is 5.75 Å². The van der Waals surface area contributed by atoms with E-state index in [-0.39, 0.29) is 6.10 Å². The predicted octanol–water partition coefficient (Wildman–Crippen LogP) is 3.18. The first kappa shape index (κ1) is 16.0. The first-order valence-electron chi connectivity index (χ1n) is 8.36. The van der Waals surface area contributed by atoms with Crippen LogP contribution in [0, 0.1) is 0 Å². The molecule has 1 aliphatic heterocycles. The van der Waals surface area contributed by atoms with Crippen LogP contribution >= 0.6 is 0 Å². The number of likely N-dealkylation sites (N-methyl/N-ethyl adjacent to an activating group) is 1. The quantitative estimate of drug-likeness (QED) is 0.818. The van der Waals surface area contributed by atoms with E-state index < -0.39 is 0 Å². The Kier molecular flexibility index (Phi) is 5.67. The van der Waals surface area contributed by atoms with Crippen molar-refractivity contribution in [1.82, 2.24) is 4.90 Å². The summed E-state index contributed by atoms with van der Waals surface area (Å²) in [6, 6.07) is 18.9. The Morgan fingerprint density at radius 3 is 2.65 bits per heavy atom. The van der Waals surface area contributed by atoms with E-state index in [1.165, 1.54) is 11.1 Å². The zero-order chi connectivity index (χ0) is 15.9. The minimum Gasteiger partial charge on any atom is -0.491 e. The largest absolute Gasteiger partial charge is 0.491 e. The van der Waals surface area contributed by atoms with Crippen LogP contribution in [0.3, 0.4) is 0 Å². The van der Waals surface area contributed by atoms with Crippen molar-refractivity contribution in [1.29, 1.82) is 0 Å². The van der Waals surface area contributed by atoms with Crippen molar-refractivity contribution >= 4 is 0 Å². The van der Waals surface area contributed by atoms with Gasteiger partial charge in [0.15, 0.2) is 0 Å². The van der Waals surface area contributed by atoms with Gasteiger partial charge in [0, 0.05) is 13.1 Å². The van der Waals surface area contributed by atoms with Crippen LogP contribution in [0.2, 0.25) is 0 Å². The van der Waals surface area contributed by atoms with Gasteiger partial charge >= 0.3 is 0 Å². The molecule has 1 heterocycles. The molecule has 0 aliphatic carbocycles. The van der Waals surface area contributed by atoms with Gasteiger partial charge in [-0.25, -0.2) is 0 Å². The number of benzene rings is 2. The van der Waals surface area contributed by atoms with E-state index in [1.54, 1.807) is 0 Å². The first-order chi connectivity index (χ1) is 11.3. The summed E-state index contributed by atoms with van der Waals surface area (Å²) in [4.78, 5) is 2.29. The molecule has 1 aliphatic rings. The third kappa shape index (κ3) is 4.81. The summed E-state index contributed by atoms with van der Waals surface area (Å²) in [7, 11) is 2.13. The second-order valence-corrected chi connectivity index (χ2v) is 6.16. The van der Waals surface area contributed by atoms with Crippen molar-refractivity contribution in [2.24, 2.45) is 0 Å². The Labute approximate surface area is 138 Å². The maximum Gasteiger partial charge on any atom is 0.122 e. The molecule has 0 N–H and O–H groups in total. The Morgan fingerprint density at radius 1 is 1.04 bits per heavy atom. The standard InChI is InChI=1S/C20H25NO2/c1-21-13-14-22-19(15-21)16-23-20-10-6-5-9-18(20)12-11-17-7-3-2-4-8-17/h2-10,19H,11-16H2,1H3/t19-/m1/s1. The van der Waals surface area contributed by atoms with Gasteiger partial charge in [0.05, 0.1) is 6.61 Å². The monoisotopic (exact) mass is 311 g/mol. The average Bonchev–Trinajstić information content (AvgIpc) is 2.60. The zero-order valence-corrected chi connectivity index (χ0v) is 13.8. The highest BCUT2D eigenvalue weighted by Crippen LogP contribution is 2.21. The summed E-state index contributed by atoms with van der Waals surface area (Å²) in [6.07, 6.45) is 2.19. The highest BCUT2D eigenvalue weighted by Gasteiger charge is 2.18. The molecule has 3 nitrogen and oxygen atoms in total. The topological polar surface area (TPSA) is 21.7 Å². The number of aryl methyl sites for hydroxylation is 2. The maximum absolute atomic E-state index is 6.06. The molecule has 0 radical (unpaired) electrons. The fraction of sp³-hybridized carbons (Fsp3) is 0.400. The minimum atomic E-state index is 0.163. The number of morpholine rings is 1. The highest BCUT2D eigenvalue weighted by molar-refractivity contribution is 5.34. The molecule has 1 fully saturated rings. The van der Waals surface area contributed by atoms with Gasteiger partial charge in [-0.15, -0.1) is 0 Å². The molecule has 0 spiro atoms. The lowest BCUT2D eigenvalue weighted by atomic mass is 10.0. The van der Waals surface area contributed by atoms with Gasteiger partial charge in [-0.2, -0.15) is 0 Å². The fourth-order valence-electron chi connectivity index (χ4n) is 2.93. The molecule has 0 bridgehead atoms. The van der Waals surface area contributed by atoms with Crippen molar-refractivity contribution < 1.29 is 9.47 Å². The van der Waals surface area contributed by atoms with Crippen molar-refractivity contribution in [3.05, 3.63) is 65.7 Å². The molecule has 23 heavy (non-hydrogen) atoms. The molecule has 122 valence electrons. The summed E-state index contributed by atoms with van der Waals surface area (Å²) in [5, 5.41) is 0. The normalized spacial score (nSPS) is 18.7. The SMILES string of the molecule is CN1CCO[C@@H](COc2ccccc2CCc2ccccc2)C1. The number of ether oxygens (including phenoxy) is 2. The smallest absolute Gasteiger partial charge is 0.122 e. The fourth-order valence-corrected chi connectivity index (χ4v) is 2.93. The lowest BCUT2D eigenvalue weighted by Crippen LogP contribution is -2.42. The lowest BCUT2D eigenvalue weighted by molar-refractivity contribution is -0.0404. The van der Waals surface area contributed by atoms with Gasteiger partial charge in [-0.05, 0) is 37.1 Å². The van der Waals surface area contributed by atoms with E-state index in [1.807, 2.05) is 6.07 Å². The highest BCUT2D eigenvalue weighted by atomic mass is 16.5. The van der Waals surface area contributed by atoms with E-state index >= 15 is 0 Å². The number of hydrogen-bond acceptors (Lipinski definition) is 3. The summed E-state index contributed by atoms with van der Waals surface area (Å²) >= 11 is 0. The molecule has 3 rings (SSSR count). The van der Waals surface area contributed by atoms with Crippen LogP contribution in [0.15, 0.2) is 54.6 Å². The van der Waals surface area contributed by atoms with Crippen LogP contribution in [-0.2, 0) is 17.6 Å². The van der Waals surface area contributed by atoms with Crippen molar-refractivity contribution in [2.45, 2.75) is 18.9 Å². The molecule has 1 atom stereocenters. The van der Waals surface area contributed by atoms with E-state index in [9.17, 15) is 0 Å². The molecule has 1 saturated heterocycles. The first-order valence-corrected chi connectivity index (χ1v) is 8.36. The molecule has 0 saturated carbocycles. The average molecular weight is 311 g/mol. The van der Waals surface area contributed by atoms with Gasteiger partial charge in [-0.1, -0.05) is 48.5 Å². The molecule has 3 heteroatoms. The second-order valence-electron chi connectivity index (χ2n) is 6.16.